The third-order valence-corrected chi connectivity index (χ3v) is 3.93. The normalized spacial score (nSPS) is 10.9. The van der Waals surface area contributed by atoms with E-state index in [0.717, 1.165) is 5.56 Å². The Morgan fingerprint density at radius 1 is 1.56 bits per heavy atom. The number of rotatable bonds is 3. The fraction of sp³-hybridized carbons (Fsp3) is 0.250. The van der Waals surface area contributed by atoms with Crippen LogP contribution in [0, 0.1) is 10.5 Å². The van der Waals surface area contributed by atoms with E-state index in [-0.39, 0.29) is 6.54 Å². The van der Waals surface area contributed by atoms with Crippen molar-refractivity contribution >= 4 is 32.8 Å². The fourth-order valence-electron chi connectivity index (χ4n) is 1.12. The van der Waals surface area contributed by atoms with Crippen molar-refractivity contribution in [2.75, 3.05) is 0 Å². The van der Waals surface area contributed by atoms with Crippen molar-refractivity contribution in [3.05, 3.63) is 37.3 Å². The molecule has 0 saturated carbocycles. The molecule has 1 aromatic rings. The lowest BCUT2D eigenvalue weighted by molar-refractivity contribution is 0.552. The third-order valence-electron chi connectivity index (χ3n) is 2.01. The van der Waals surface area contributed by atoms with Crippen molar-refractivity contribution in [1.82, 2.24) is 0 Å². The number of hydrogen-bond acceptors (Lipinski definition) is 3. The van der Waals surface area contributed by atoms with Crippen LogP contribution in [0.15, 0.2) is 22.1 Å². The lowest BCUT2D eigenvalue weighted by Crippen LogP contribution is -1.98. The van der Waals surface area contributed by atoms with E-state index in [4.69, 9.17) is 5.53 Å². The highest BCUT2D eigenvalue weighted by Crippen LogP contribution is 2.23. The van der Waals surface area contributed by atoms with Gasteiger partial charge in [0.1, 0.15) is 0 Å². The molecule has 16 heavy (non-hydrogen) atoms. The molecule has 0 atom stereocenters. The molecule has 0 aliphatic carbocycles. The molecule has 0 amide bonds. The smallest absolute Gasteiger partial charge is 0.189 e. The van der Waals surface area contributed by atoms with Crippen LogP contribution in [0.2, 0.25) is 0 Å². The minimum atomic E-state index is -4.73. The van der Waals surface area contributed by atoms with E-state index in [9.17, 15) is 12.3 Å². The Labute approximate surface area is 106 Å². The molecule has 8 heteroatoms. The topological polar surface area (TPSA) is 82.9 Å². The molecule has 0 unspecified atom stereocenters. The Morgan fingerprint density at radius 3 is 2.69 bits per heavy atom. The quantitative estimate of drug-likeness (QED) is 0.274. The zero-order valence-corrected chi connectivity index (χ0v) is 11.2. The zero-order valence-electron chi connectivity index (χ0n) is 8.18. The first-order valence-corrected chi connectivity index (χ1v) is 6.57. The molecular weight excluding hydrogens is 348 g/mol. The highest BCUT2D eigenvalue weighted by Gasteiger charge is 2.15. The molecule has 0 radical (unpaired) electrons. The van der Waals surface area contributed by atoms with Crippen LogP contribution in [0.5, 0.6) is 0 Å². The van der Waals surface area contributed by atoms with Gasteiger partial charge in [0.2, 0.25) is 0 Å². The average molecular weight is 355 g/mol. The van der Waals surface area contributed by atoms with Crippen molar-refractivity contribution in [3.8, 4) is 0 Å². The highest BCUT2D eigenvalue weighted by molar-refractivity contribution is 14.1. The molecule has 0 bridgehead atoms. The lowest BCUT2D eigenvalue weighted by Gasteiger charge is -2.06. The van der Waals surface area contributed by atoms with E-state index in [0.29, 0.717) is 9.13 Å². The molecule has 0 spiro atoms. The largest absolute Gasteiger partial charge is 0.332 e. The van der Waals surface area contributed by atoms with Crippen molar-refractivity contribution in [3.63, 3.8) is 0 Å². The van der Waals surface area contributed by atoms with Gasteiger partial charge in [0.05, 0.1) is 11.4 Å². The summed E-state index contributed by atoms with van der Waals surface area (Å²) < 4.78 is 34.9. The lowest BCUT2D eigenvalue weighted by atomic mass is 10.1. The molecule has 0 saturated heterocycles. The van der Waals surface area contributed by atoms with Gasteiger partial charge in [-0.1, -0.05) is 5.11 Å². The summed E-state index contributed by atoms with van der Waals surface area (Å²) in [5, 5.41) is 3.33. The summed E-state index contributed by atoms with van der Waals surface area (Å²) in [6, 6.07) is 2.42. The summed E-state index contributed by atoms with van der Waals surface area (Å²) in [7, 11) is -4.73. The van der Waals surface area contributed by atoms with E-state index in [1.54, 1.807) is 6.92 Å². The van der Waals surface area contributed by atoms with Gasteiger partial charge in [-0.15, -0.1) is 3.89 Å². The monoisotopic (exact) mass is 355 g/mol. The van der Waals surface area contributed by atoms with Crippen LogP contribution < -0.4 is 0 Å². The van der Waals surface area contributed by atoms with Gasteiger partial charge in [0.15, 0.2) is 0 Å². The maximum atomic E-state index is 12.8. The molecule has 1 rings (SSSR count). The molecule has 0 aliphatic heterocycles. The van der Waals surface area contributed by atoms with Crippen molar-refractivity contribution in [2.24, 2.45) is 5.11 Å². The molecule has 5 nitrogen and oxygen atoms in total. The number of azide groups is 1. The van der Waals surface area contributed by atoms with E-state index < -0.39 is 15.1 Å². The summed E-state index contributed by atoms with van der Waals surface area (Å²) in [4.78, 5) is 2.16. The Kier molecular flexibility index (Phi) is 4.11. The van der Waals surface area contributed by atoms with Gasteiger partial charge < -0.3 is 0 Å². The van der Waals surface area contributed by atoms with E-state index in [1.807, 2.05) is 22.6 Å². The molecule has 0 aromatic heterocycles. The predicted molar refractivity (Wildman–Crippen MR) is 65.0 cm³/mol. The second-order valence-corrected chi connectivity index (χ2v) is 5.53. The zero-order chi connectivity index (χ0) is 12.3. The van der Waals surface area contributed by atoms with Crippen LogP contribution in [0.3, 0.4) is 0 Å². The van der Waals surface area contributed by atoms with Gasteiger partial charge in [0.25, 0.3) is 0 Å². The van der Waals surface area contributed by atoms with Gasteiger partial charge in [-0.2, -0.15) is 8.42 Å². The summed E-state index contributed by atoms with van der Waals surface area (Å²) in [6.45, 7) is 1.75. The SMILES string of the molecule is Cc1c(I)cc(S(=O)(=O)F)cc1CN=[N+]=[N-]. The Morgan fingerprint density at radius 2 is 2.19 bits per heavy atom. The average Bonchev–Trinajstić information content (AvgIpc) is 2.18. The van der Waals surface area contributed by atoms with Crippen LogP contribution in [0.1, 0.15) is 11.1 Å². The molecule has 0 fully saturated rings. The molecule has 0 aliphatic rings. The van der Waals surface area contributed by atoms with E-state index in [2.05, 4.69) is 10.0 Å². The van der Waals surface area contributed by atoms with Crippen molar-refractivity contribution in [2.45, 2.75) is 18.4 Å². The number of hydrogen-bond donors (Lipinski definition) is 0. The van der Waals surface area contributed by atoms with Gasteiger partial charge >= 0.3 is 10.2 Å². The second-order valence-electron chi connectivity index (χ2n) is 3.02. The molecule has 0 heterocycles. The summed E-state index contributed by atoms with van der Waals surface area (Å²) >= 11 is 1.90. The van der Waals surface area contributed by atoms with Crippen molar-refractivity contribution < 1.29 is 12.3 Å². The molecule has 1 aromatic carbocycles. The number of halogens is 2. The van der Waals surface area contributed by atoms with Gasteiger partial charge in [-0.05, 0) is 58.3 Å². The summed E-state index contributed by atoms with van der Waals surface area (Å²) in [5.41, 5.74) is 9.46. The third kappa shape index (κ3) is 3.06. The molecule has 0 N–H and O–H groups in total. The van der Waals surface area contributed by atoms with Gasteiger partial charge in [-0.3, -0.25) is 0 Å². The van der Waals surface area contributed by atoms with E-state index in [1.165, 1.54) is 12.1 Å². The van der Waals surface area contributed by atoms with E-state index >= 15 is 0 Å². The van der Waals surface area contributed by atoms with Crippen LogP contribution in [0.4, 0.5) is 3.89 Å². The maximum Gasteiger partial charge on any atom is 0.332 e. The number of nitrogens with zero attached hydrogens (tertiary/aromatic N) is 3. The van der Waals surface area contributed by atoms with Crippen LogP contribution in [-0.2, 0) is 16.8 Å². The van der Waals surface area contributed by atoms with Gasteiger partial charge in [0, 0.05) is 8.48 Å². The second kappa shape index (κ2) is 4.98. The first-order valence-electron chi connectivity index (χ1n) is 4.11. The highest BCUT2D eigenvalue weighted by atomic mass is 127. The Hall–Kier alpha value is -0.860. The van der Waals surface area contributed by atoms with Gasteiger partial charge in [-0.25, -0.2) is 0 Å². The standard InChI is InChI=1S/C8H7FIN3O2S/c1-5-6(4-12-13-11)2-7(3-8(5)10)16(9,14)15/h2-3H,4H2,1H3. The molecule has 86 valence electrons. The first kappa shape index (κ1) is 13.2. The Balaban J connectivity index is 3.38. The fourth-order valence-corrected chi connectivity index (χ4v) is 2.56. The summed E-state index contributed by atoms with van der Waals surface area (Å²) in [5.74, 6) is 0. The van der Waals surface area contributed by atoms with Crippen LogP contribution in [0.25, 0.3) is 10.4 Å². The predicted octanol–water partition coefficient (Wildman–Crippen LogP) is 3.07. The first-order chi connectivity index (χ1) is 7.36. The minimum Gasteiger partial charge on any atom is -0.189 e. The van der Waals surface area contributed by atoms with Crippen LogP contribution in [-0.4, -0.2) is 8.42 Å². The Bertz CT molecular complexity index is 567. The minimum absolute atomic E-state index is 0.00168. The van der Waals surface area contributed by atoms with Crippen molar-refractivity contribution in [1.29, 1.82) is 0 Å². The molecular formula is C8H7FIN3O2S. The van der Waals surface area contributed by atoms with Crippen LogP contribution >= 0.6 is 22.6 Å². The summed E-state index contributed by atoms with van der Waals surface area (Å²) in [6.07, 6.45) is 0. The number of benzene rings is 1. The maximum absolute atomic E-state index is 12.8.